The van der Waals surface area contributed by atoms with Gasteiger partial charge < -0.3 is 9.32 Å². The Morgan fingerprint density at radius 3 is 2.61 bits per heavy atom. The number of rotatable bonds is 3. The van der Waals surface area contributed by atoms with Gasteiger partial charge in [0.05, 0.1) is 11.8 Å². The van der Waals surface area contributed by atoms with Crippen molar-refractivity contribution in [3.63, 3.8) is 0 Å². The van der Waals surface area contributed by atoms with Gasteiger partial charge in [-0.2, -0.15) is 0 Å². The molecule has 1 heterocycles. The molecule has 2 aromatic rings. The van der Waals surface area contributed by atoms with Crippen LogP contribution in [0.5, 0.6) is 0 Å². The van der Waals surface area contributed by atoms with E-state index in [0.29, 0.717) is 17.8 Å². The lowest BCUT2D eigenvalue weighted by Crippen LogP contribution is -2.30. The van der Waals surface area contributed by atoms with Crippen LogP contribution in [0, 0.1) is 11.6 Å². The molecule has 5 heteroatoms. The van der Waals surface area contributed by atoms with Crippen LogP contribution in [-0.2, 0) is 0 Å². The lowest BCUT2D eigenvalue weighted by molar-refractivity contribution is 0.0987. The summed E-state index contributed by atoms with van der Waals surface area (Å²) in [6, 6.07) is 4.87. The Morgan fingerprint density at radius 1 is 1.28 bits per heavy atom. The number of benzene rings is 1. The summed E-state index contributed by atoms with van der Waals surface area (Å²) in [4.78, 5) is 13.4. The average Bonchev–Trinajstić information content (AvgIpc) is 2.88. The van der Waals surface area contributed by atoms with Crippen molar-refractivity contribution in [1.29, 1.82) is 0 Å². The van der Waals surface area contributed by atoms with Gasteiger partial charge in [0.25, 0.3) is 5.91 Å². The molecule has 0 unspecified atom stereocenters. The maximum atomic E-state index is 13.2. The quantitative estimate of drug-likeness (QED) is 0.839. The third-order valence-corrected chi connectivity index (χ3v) is 2.54. The van der Waals surface area contributed by atoms with Crippen molar-refractivity contribution < 1.29 is 18.0 Å². The summed E-state index contributed by atoms with van der Waals surface area (Å²) in [7, 11) is 0. The van der Waals surface area contributed by atoms with E-state index in [1.165, 1.54) is 29.6 Å². The van der Waals surface area contributed by atoms with E-state index in [1.807, 2.05) is 0 Å². The third kappa shape index (κ3) is 2.25. The van der Waals surface area contributed by atoms with Gasteiger partial charge in [0.15, 0.2) is 11.6 Å². The highest BCUT2D eigenvalue weighted by molar-refractivity contribution is 6.05. The third-order valence-electron chi connectivity index (χ3n) is 2.54. The van der Waals surface area contributed by atoms with E-state index in [9.17, 15) is 13.6 Å². The average molecular weight is 251 g/mol. The second-order valence-electron chi connectivity index (χ2n) is 3.66. The summed E-state index contributed by atoms with van der Waals surface area (Å²) in [6.07, 6.45) is 2.69. The first kappa shape index (κ1) is 12.3. The summed E-state index contributed by atoms with van der Waals surface area (Å²) in [6.45, 7) is 2.09. The van der Waals surface area contributed by atoms with Crippen molar-refractivity contribution in [2.75, 3.05) is 11.4 Å². The molecule has 0 fully saturated rings. The van der Waals surface area contributed by atoms with E-state index >= 15 is 0 Å². The Bertz CT molecular complexity index is 552. The van der Waals surface area contributed by atoms with E-state index in [4.69, 9.17) is 4.42 Å². The second kappa shape index (κ2) is 5.00. The number of carbonyl (C=O) groups is 1. The van der Waals surface area contributed by atoms with Crippen LogP contribution >= 0.6 is 0 Å². The molecule has 0 saturated heterocycles. The van der Waals surface area contributed by atoms with E-state index in [2.05, 4.69) is 0 Å². The first-order valence-corrected chi connectivity index (χ1v) is 5.42. The summed E-state index contributed by atoms with van der Waals surface area (Å²) in [5.41, 5.74) is 0.671. The normalized spacial score (nSPS) is 10.4. The van der Waals surface area contributed by atoms with E-state index in [1.54, 1.807) is 6.92 Å². The first-order chi connectivity index (χ1) is 8.63. The lowest BCUT2D eigenvalue weighted by Gasteiger charge is -2.20. The first-order valence-electron chi connectivity index (χ1n) is 5.42. The molecule has 0 spiro atoms. The summed E-state index contributed by atoms with van der Waals surface area (Å²) < 4.78 is 30.8. The van der Waals surface area contributed by atoms with Gasteiger partial charge >= 0.3 is 0 Å². The Hall–Kier alpha value is -2.17. The molecular weight excluding hydrogens is 240 g/mol. The van der Waals surface area contributed by atoms with Crippen LogP contribution in [0.25, 0.3) is 0 Å². The Balaban J connectivity index is 2.33. The number of anilines is 1. The molecule has 0 aliphatic carbocycles. The van der Waals surface area contributed by atoms with E-state index < -0.39 is 11.6 Å². The van der Waals surface area contributed by atoms with Crippen LogP contribution in [-0.4, -0.2) is 12.5 Å². The molecule has 94 valence electrons. The van der Waals surface area contributed by atoms with Crippen LogP contribution in [0.1, 0.15) is 17.3 Å². The van der Waals surface area contributed by atoms with Gasteiger partial charge in [-0.3, -0.25) is 4.79 Å². The Morgan fingerprint density at radius 2 is 2.06 bits per heavy atom. The predicted octanol–water partition coefficient (Wildman–Crippen LogP) is 3.22. The molecule has 2 rings (SSSR count). The van der Waals surface area contributed by atoms with Crippen LogP contribution in [0.3, 0.4) is 0 Å². The zero-order valence-electron chi connectivity index (χ0n) is 9.69. The van der Waals surface area contributed by atoms with E-state index in [0.717, 1.165) is 12.1 Å². The number of hydrogen-bond donors (Lipinski definition) is 0. The number of nitrogens with zero attached hydrogens (tertiary/aromatic N) is 1. The summed E-state index contributed by atoms with van der Waals surface area (Å²) in [5, 5.41) is 0. The number of hydrogen-bond acceptors (Lipinski definition) is 2. The molecular formula is C13H11F2NO2. The van der Waals surface area contributed by atoms with Gasteiger partial charge in [0.1, 0.15) is 6.26 Å². The molecule has 18 heavy (non-hydrogen) atoms. The fraction of sp³-hybridized carbons (Fsp3) is 0.154. The maximum absolute atomic E-state index is 13.2. The number of furan rings is 1. The molecule has 1 aromatic heterocycles. The van der Waals surface area contributed by atoms with Gasteiger partial charge in [-0.1, -0.05) is 0 Å². The second-order valence-corrected chi connectivity index (χ2v) is 3.66. The van der Waals surface area contributed by atoms with Gasteiger partial charge in [0, 0.05) is 18.3 Å². The number of halogens is 2. The largest absolute Gasteiger partial charge is 0.472 e. The fourth-order valence-electron chi connectivity index (χ4n) is 1.64. The standard InChI is InChI=1S/C13H11F2NO2/c1-2-16(13(17)9-5-6-18-8-9)10-3-4-11(14)12(15)7-10/h3-8H,2H2,1H3. The molecule has 1 aromatic carbocycles. The van der Waals surface area contributed by atoms with Crippen molar-refractivity contribution in [1.82, 2.24) is 0 Å². The molecule has 3 nitrogen and oxygen atoms in total. The summed E-state index contributed by atoms with van der Waals surface area (Å²) in [5.74, 6) is -2.24. The van der Waals surface area contributed by atoms with Gasteiger partial charge in [0.2, 0.25) is 0 Å². The topological polar surface area (TPSA) is 33.5 Å². The highest BCUT2D eigenvalue weighted by Gasteiger charge is 2.18. The SMILES string of the molecule is CCN(C(=O)c1ccoc1)c1ccc(F)c(F)c1. The van der Waals surface area contributed by atoms with Gasteiger partial charge in [-0.25, -0.2) is 8.78 Å². The van der Waals surface area contributed by atoms with Crippen LogP contribution in [0.4, 0.5) is 14.5 Å². The molecule has 0 aliphatic heterocycles. The van der Waals surface area contributed by atoms with Gasteiger partial charge in [-0.05, 0) is 25.1 Å². The minimum atomic E-state index is -0.981. The maximum Gasteiger partial charge on any atom is 0.261 e. The highest BCUT2D eigenvalue weighted by Crippen LogP contribution is 2.20. The van der Waals surface area contributed by atoms with Crippen LogP contribution in [0.2, 0.25) is 0 Å². The zero-order chi connectivity index (χ0) is 13.1. The minimum Gasteiger partial charge on any atom is -0.472 e. The number of amides is 1. The zero-order valence-corrected chi connectivity index (χ0v) is 9.69. The van der Waals surface area contributed by atoms with Crippen LogP contribution in [0.15, 0.2) is 41.2 Å². The van der Waals surface area contributed by atoms with Crippen molar-refractivity contribution in [3.8, 4) is 0 Å². The predicted molar refractivity (Wildman–Crippen MR) is 62.4 cm³/mol. The lowest BCUT2D eigenvalue weighted by atomic mass is 10.2. The molecule has 0 N–H and O–H groups in total. The smallest absolute Gasteiger partial charge is 0.261 e. The summed E-state index contributed by atoms with van der Waals surface area (Å²) >= 11 is 0. The van der Waals surface area contributed by atoms with E-state index in [-0.39, 0.29) is 5.91 Å². The highest BCUT2D eigenvalue weighted by atomic mass is 19.2. The molecule has 0 saturated carbocycles. The molecule has 1 amide bonds. The molecule has 0 atom stereocenters. The molecule has 0 aliphatic rings. The van der Waals surface area contributed by atoms with Crippen molar-refractivity contribution in [3.05, 3.63) is 54.0 Å². The van der Waals surface area contributed by atoms with Gasteiger partial charge in [-0.15, -0.1) is 0 Å². The van der Waals surface area contributed by atoms with Crippen molar-refractivity contribution in [2.24, 2.45) is 0 Å². The molecule has 0 bridgehead atoms. The fourth-order valence-corrected chi connectivity index (χ4v) is 1.64. The molecule has 0 radical (unpaired) electrons. The minimum absolute atomic E-state index is 0.308. The Labute approximate surface area is 103 Å². The van der Waals surface area contributed by atoms with Crippen molar-refractivity contribution in [2.45, 2.75) is 6.92 Å². The van der Waals surface area contributed by atoms with Crippen molar-refractivity contribution >= 4 is 11.6 Å². The number of carbonyl (C=O) groups excluding carboxylic acids is 1. The van der Waals surface area contributed by atoms with Crippen LogP contribution < -0.4 is 4.90 Å². The Kier molecular flexibility index (Phi) is 3.41. The monoisotopic (exact) mass is 251 g/mol.